The SMILES string of the molecule is O=C(OC(Cl)Cl)c1ccc(N2CCOCC2)cc1. The number of rotatable bonds is 3. The second-order valence-electron chi connectivity index (χ2n) is 3.81. The number of hydrogen-bond donors (Lipinski definition) is 0. The zero-order chi connectivity index (χ0) is 13.0. The smallest absolute Gasteiger partial charge is 0.340 e. The second kappa shape index (κ2) is 6.27. The van der Waals surface area contributed by atoms with Crippen LogP contribution in [0.1, 0.15) is 10.4 Å². The van der Waals surface area contributed by atoms with Gasteiger partial charge < -0.3 is 14.4 Å². The zero-order valence-corrected chi connectivity index (χ0v) is 11.2. The van der Waals surface area contributed by atoms with Gasteiger partial charge in [0.05, 0.1) is 18.8 Å². The second-order valence-corrected chi connectivity index (χ2v) is 4.83. The maximum atomic E-state index is 11.5. The first kappa shape index (κ1) is 13.5. The Balaban J connectivity index is 2.02. The van der Waals surface area contributed by atoms with Crippen molar-refractivity contribution in [1.82, 2.24) is 0 Å². The molecule has 0 amide bonds. The summed E-state index contributed by atoms with van der Waals surface area (Å²) in [6.45, 7) is 3.17. The number of halogens is 2. The highest BCUT2D eigenvalue weighted by Crippen LogP contribution is 2.18. The van der Waals surface area contributed by atoms with Gasteiger partial charge in [0.15, 0.2) is 0 Å². The molecule has 4 nitrogen and oxygen atoms in total. The standard InChI is InChI=1S/C12H13Cl2NO3/c13-12(14)18-11(16)9-1-3-10(4-2-9)15-5-7-17-8-6-15/h1-4,12H,5-8H2. The highest BCUT2D eigenvalue weighted by Gasteiger charge is 2.14. The minimum atomic E-state index is -1.14. The molecule has 0 bridgehead atoms. The largest absolute Gasteiger partial charge is 0.428 e. The number of alkyl halides is 2. The van der Waals surface area contributed by atoms with Crippen molar-refractivity contribution >= 4 is 34.9 Å². The van der Waals surface area contributed by atoms with Gasteiger partial charge in [0.1, 0.15) is 0 Å². The summed E-state index contributed by atoms with van der Waals surface area (Å²) in [4.78, 5) is 13.7. The predicted molar refractivity (Wildman–Crippen MR) is 70.4 cm³/mol. The lowest BCUT2D eigenvalue weighted by atomic mass is 10.2. The van der Waals surface area contributed by atoms with Gasteiger partial charge in [-0.3, -0.25) is 0 Å². The van der Waals surface area contributed by atoms with E-state index in [1.807, 2.05) is 12.1 Å². The molecule has 0 aromatic heterocycles. The normalized spacial score (nSPS) is 15.8. The summed E-state index contributed by atoms with van der Waals surface area (Å²) in [6, 6.07) is 7.14. The molecule has 2 rings (SSSR count). The highest BCUT2D eigenvalue weighted by atomic mass is 35.5. The molecule has 1 fully saturated rings. The molecular formula is C12H13Cl2NO3. The average Bonchev–Trinajstić information content (AvgIpc) is 2.39. The Bertz CT molecular complexity index is 402. The first-order chi connectivity index (χ1) is 8.66. The summed E-state index contributed by atoms with van der Waals surface area (Å²) in [5, 5.41) is -1.14. The molecule has 1 aliphatic rings. The minimum absolute atomic E-state index is 0.429. The van der Waals surface area contributed by atoms with E-state index in [4.69, 9.17) is 27.9 Å². The van der Waals surface area contributed by atoms with E-state index in [9.17, 15) is 4.79 Å². The first-order valence-corrected chi connectivity index (χ1v) is 6.46. The third-order valence-corrected chi connectivity index (χ3v) is 2.85. The fourth-order valence-corrected chi connectivity index (χ4v) is 1.94. The molecule has 98 valence electrons. The number of ether oxygens (including phenoxy) is 2. The molecule has 0 aliphatic carbocycles. The molecule has 6 heteroatoms. The van der Waals surface area contributed by atoms with Crippen molar-refractivity contribution in [3.05, 3.63) is 29.8 Å². The molecule has 0 radical (unpaired) electrons. The van der Waals surface area contributed by atoms with Gasteiger partial charge in [-0.05, 0) is 24.3 Å². The van der Waals surface area contributed by atoms with E-state index >= 15 is 0 Å². The van der Waals surface area contributed by atoms with E-state index in [1.54, 1.807) is 12.1 Å². The van der Waals surface area contributed by atoms with Crippen LogP contribution in [-0.4, -0.2) is 37.3 Å². The van der Waals surface area contributed by atoms with E-state index in [1.165, 1.54) is 0 Å². The molecule has 0 N–H and O–H groups in total. The molecule has 1 saturated heterocycles. The average molecular weight is 290 g/mol. The Morgan fingerprint density at radius 1 is 1.22 bits per heavy atom. The van der Waals surface area contributed by atoms with Crippen LogP contribution in [-0.2, 0) is 9.47 Å². The Morgan fingerprint density at radius 3 is 2.39 bits per heavy atom. The van der Waals surface area contributed by atoms with Crippen molar-refractivity contribution in [3.63, 3.8) is 0 Å². The number of hydrogen-bond acceptors (Lipinski definition) is 4. The minimum Gasteiger partial charge on any atom is -0.428 e. The Hall–Kier alpha value is -0.970. The van der Waals surface area contributed by atoms with Crippen molar-refractivity contribution in [2.75, 3.05) is 31.2 Å². The van der Waals surface area contributed by atoms with Crippen LogP contribution < -0.4 is 4.90 Å². The van der Waals surface area contributed by atoms with Gasteiger partial charge in [0, 0.05) is 18.8 Å². The fourth-order valence-electron chi connectivity index (χ4n) is 1.78. The van der Waals surface area contributed by atoms with Crippen LogP contribution in [0.2, 0.25) is 0 Å². The third-order valence-electron chi connectivity index (χ3n) is 2.68. The van der Waals surface area contributed by atoms with Crippen molar-refractivity contribution in [3.8, 4) is 0 Å². The molecule has 1 aliphatic heterocycles. The third kappa shape index (κ3) is 3.51. The number of morpholine rings is 1. The number of carbonyl (C=O) groups is 1. The molecule has 0 spiro atoms. The van der Waals surface area contributed by atoms with Crippen LogP contribution in [0, 0.1) is 0 Å². The number of carbonyl (C=O) groups excluding carboxylic acids is 1. The zero-order valence-electron chi connectivity index (χ0n) is 9.64. The van der Waals surface area contributed by atoms with Gasteiger partial charge in [0.2, 0.25) is 0 Å². The van der Waals surface area contributed by atoms with Gasteiger partial charge in [-0.1, -0.05) is 23.2 Å². The fraction of sp³-hybridized carbons (Fsp3) is 0.417. The molecule has 18 heavy (non-hydrogen) atoms. The molecule has 1 heterocycles. The van der Waals surface area contributed by atoms with Crippen LogP contribution in [0.25, 0.3) is 0 Å². The lowest BCUT2D eigenvalue weighted by Crippen LogP contribution is -2.36. The van der Waals surface area contributed by atoms with Crippen LogP contribution in [0.15, 0.2) is 24.3 Å². The van der Waals surface area contributed by atoms with Crippen molar-refractivity contribution in [2.45, 2.75) is 5.02 Å². The number of nitrogens with zero attached hydrogens (tertiary/aromatic N) is 1. The molecule has 0 saturated carbocycles. The van der Waals surface area contributed by atoms with Gasteiger partial charge >= 0.3 is 5.97 Å². The molecular weight excluding hydrogens is 277 g/mol. The number of anilines is 1. The van der Waals surface area contributed by atoms with Gasteiger partial charge in [-0.15, -0.1) is 0 Å². The van der Waals surface area contributed by atoms with E-state index in [0.717, 1.165) is 32.0 Å². The Morgan fingerprint density at radius 2 is 1.83 bits per heavy atom. The number of esters is 1. The molecule has 1 aromatic rings. The number of benzene rings is 1. The van der Waals surface area contributed by atoms with Gasteiger partial charge in [-0.2, -0.15) is 0 Å². The topological polar surface area (TPSA) is 38.8 Å². The van der Waals surface area contributed by atoms with Crippen molar-refractivity contribution in [2.24, 2.45) is 0 Å². The van der Waals surface area contributed by atoms with Crippen LogP contribution in [0.3, 0.4) is 0 Å². The summed E-state index contributed by atoms with van der Waals surface area (Å²) in [7, 11) is 0. The van der Waals surface area contributed by atoms with E-state index in [-0.39, 0.29) is 0 Å². The van der Waals surface area contributed by atoms with Crippen LogP contribution in [0.4, 0.5) is 5.69 Å². The highest BCUT2D eigenvalue weighted by molar-refractivity contribution is 6.43. The van der Waals surface area contributed by atoms with Crippen LogP contribution >= 0.6 is 23.2 Å². The van der Waals surface area contributed by atoms with Gasteiger partial charge in [-0.25, -0.2) is 4.79 Å². The Kier molecular flexibility index (Phi) is 4.69. The maximum absolute atomic E-state index is 11.5. The van der Waals surface area contributed by atoms with Gasteiger partial charge in [0.25, 0.3) is 5.02 Å². The van der Waals surface area contributed by atoms with E-state index < -0.39 is 11.0 Å². The lowest BCUT2D eigenvalue weighted by Gasteiger charge is -2.28. The first-order valence-electron chi connectivity index (χ1n) is 5.59. The predicted octanol–water partition coefficient (Wildman–Crippen LogP) is 2.44. The van der Waals surface area contributed by atoms with E-state index in [2.05, 4.69) is 9.64 Å². The maximum Gasteiger partial charge on any atom is 0.340 e. The Labute approximate surface area is 115 Å². The summed E-state index contributed by atoms with van der Waals surface area (Å²) < 4.78 is 9.96. The summed E-state index contributed by atoms with van der Waals surface area (Å²) in [5.41, 5.74) is 1.49. The van der Waals surface area contributed by atoms with E-state index in [0.29, 0.717) is 5.56 Å². The summed E-state index contributed by atoms with van der Waals surface area (Å²) in [6.07, 6.45) is 0. The van der Waals surface area contributed by atoms with Crippen molar-refractivity contribution < 1.29 is 14.3 Å². The molecule has 0 atom stereocenters. The summed E-state index contributed by atoms with van der Waals surface area (Å²) in [5.74, 6) is -0.529. The van der Waals surface area contributed by atoms with Crippen molar-refractivity contribution in [1.29, 1.82) is 0 Å². The molecule has 0 unspecified atom stereocenters. The monoisotopic (exact) mass is 289 g/mol. The lowest BCUT2D eigenvalue weighted by molar-refractivity contribution is 0.0536. The quantitative estimate of drug-likeness (QED) is 0.633. The summed E-state index contributed by atoms with van der Waals surface area (Å²) >= 11 is 10.8. The van der Waals surface area contributed by atoms with Crippen LogP contribution in [0.5, 0.6) is 0 Å². The molecule has 1 aromatic carbocycles.